The lowest BCUT2D eigenvalue weighted by molar-refractivity contribution is -0.118. The molecule has 6 nitrogen and oxygen atoms in total. The van der Waals surface area contributed by atoms with Crippen LogP contribution in [-0.2, 0) is 11.2 Å². The second-order valence-electron chi connectivity index (χ2n) is 5.06. The molecule has 1 unspecified atom stereocenters. The molecule has 22 heavy (non-hydrogen) atoms. The first-order valence-corrected chi connectivity index (χ1v) is 6.86. The van der Waals surface area contributed by atoms with Gasteiger partial charge in [0.1, 0.15) is 11.7 Å². The van der Waals surface area contributed by atoms with Gasteiger partial charge in [-0.25, -0.2) is 0 Å². The average Bonchev–Trinajstić information content (AvgIpc) is 3.11. The second-order valence-corrected chi connectivity index (χ2v) is 5.06. The molecular weight excluding hydrogens is 280 g/mol. The Hall–Kier alpha value is -3.07. The number of carbonyl (C=O) groups is 1. The van der Waals surface area contributed by atoms with E-state index in [4.69, 9.17) is 4.52 Å². The lowest BCUT2D eigenvalue weighted by atomic mass is 9.99. The van der Waals surface area contributed by atoms with E-state index >= 15 is 0 Å². The highest BCUT2D eigenvalue weighted by atomic mass is 16.5. The van der Waals surface area contributed by atoms with Crippen LogP contribution in [0.25, 0.3) is 10.9 Å². The molecule has 0 bridgehead atoms. The summed E-state index contributed by atoms with van der Waals surface area (Å²) in [6.45, 7) is 1.73. The first-order valence-electron chi connectivity index (χ1n) is 6.86. The van der Waals surface area contributed by atoms with Crippen LogP contribution < -0.4 is 5.32 Å². The summed E-state index contributed by atoms with van der Waals surface area (Å²) in [5.74, 6) is -0.264. The molecule has 0 saturated heterocycles. The number of hydrogen-bond acceptors (Lipinski definition) is 4. The molecule has 0 fully saturated rings. The fourth-order valence-corrected chi connectivity index (χ4v) is 2.36. The zero-order valence-corrected chi connectivity index (χ0v) is 12.0. The van der Waals surface area contributed by atoms with Crippen molar-refractivity contribution >= 4 is 22.6 Å². The summed E-state index contributed by atoms with van der Waals surface area (Å²) in [5.41, 5.74) is 1.93. The average molecular weight is 294 g/mol. The quantitative estimate of drug-likeness (QED) is 0.773. The van der Waals surface area contributed by atoms with Gasteiger partial charge >= 0.3 is 0 Å². The maximum absolute atomic E-state index is 12.2. The number of amides is 1. The van der Waals surface area contributed by atoms with Crippen LogP contribution in [0.1, 0.15) is 11.3 Å². The zero-order valence-electron chi connectivity index (χ0n) is 12.0. The summed E-state index contributed by atoms with van der Waals surface area (Å²) in [6.07, 6.45) is 2.17. The van der Waals surface area contributed by atoms with E-state index in [2.05, 4.69) is 15.5 Å². The highest BCUT2D eigenvalue weighted by Crippen LogP contribution is 2.21. The van der Waals surface area contributed by atoms with E-state index in [1.807, 2.05) is 36.5 Å². The third-order valence-corrected chi connectivity index (χ3v) is 3.45. The molecule has 2 aromatic heterocycles. The topological polar surface area (TPSA) is 94.7 Å². The van der Waals surface area contributed by atoms with Crippen molar-refractivity contribution in [1.82, 2.24) is 10.1 Å². The predicted molar refractivity (Wildman–Crippen MR) is 81.0 cm³/mol. The summed E-state index contributed by atoms with van der Waals surface area (Å²) < 4.78 is 4.89. The number of nitrogens with zero attached hydrogens (tertiary/aromatic N) is 2. The van der Waals surface area contributed by atoms with E-state index in [1.165, 1.54) is 0 Å². The van der Waals surface area contributed by atoms with Crippen molar-refractivity contribution in [2.75, 3.05) is 5.32 Å². The number of anilines is 1. The monoisotopic (exact) mass is 294 g/mol. The Morgan fingerprint density at radius 1 is 1.50 bits per heavy atom. The molecule has 1 aromatic carbocycles. The van der Waals surface area contributed by atoms with E-state index in [0.29, 0.717) is 18.0 Å². The van der Waals surface area contributed by atoms with Crippen LogP contribution in [0.5, 0.6) is 0 Å². The Bertz CT molecular complexity index is 856. The van der Waals surface area contributed by atoms with Crippen molar-refractivity contribution in [1.29, 1.82) is 5.26 Å². The minimum absolute atomic E-state index is 0.321. The van der Waals surface area contributed by atoms with Crippen LogP contribution in [-0.4, -0.2) is 16.0 Å². The summed E-state index contributed by atoms with van der Waals surface area (Å²) in [4.78, 5) is 15.3. The Balaban J connectivity index is 1.77. The van der Waals surface area contributed by atoms with Crippen molar-refractivity contribution in [3.63, 3.8) is 0 Å². The number of nitriles is 1. The number of rotatable bonds is 4. The fraction of sp³-hybridized carbons (Fsp3) is 0.188. The number of para-hydroxylation sites is 1. The summed E-state index contributed by atoms with van der Waals surface area (Å²) in [5, 5.41) is 16.6. The van der Waals surface area contributed by atoms with Gasteiger partial charge in [0, 0.05) is 23.2 Å². The lowest BCUT2D eigenvalue weighted by Gasteiger charge is -2.07. The number of aromatic amines is 1. The van der Waals surface area contributed by atoms with Gasteiger partial charge in [-0.05, 0) is 25.0 Å². The smallest absolute Gasteiger partial charge is 0.243 e. The van der Waals surface area contributed by atoms with E-state index in [0.717, 1.165) is 16.5 Å². The molecule has 0 saturated carbocycles. The Kier molecular flexibility index (Phi) is 3.62. The van der Waals surface area contributed by atoms with Gasteiger partial charge in [0.05, 0.1) is 6.07 Å². The van der Waals surface area contributed by atoms with E-state index in [-0.39, 0.29) is 5.91 Å². The lowest BCUT2D eigenvalue weighted by Crippen LogP contribution is -2.23. The summed E-state index contributed by atoms with van der Waals surface area (Å²) in [7, 11) is 0. The number of carbonyl (C=O) groups excluding carboxylic acids is 1. The van der Waals surface area contributed by atoms with Crippen molar-refractivity contribution in [3.8, 4) is 6.07 Å². The third kappa shape index (κ3) is 2.69. The van der Waals surface area contributed by atoms with Gasteiger partial charge in [0.25, 0.3) is 0 Å². The molecule has 6 heteroatoms. The number of aryl methyl sites for hydroxylation is 1. The largest absolute Gasteiger partial charge is 0.361 e. The van der Waals surface area contributed by atoms with Crippen LogP contribution in [0.4, 0.5) is 5.82 Å². The second kappa shape index (κ2) is 5.74. The van der Waals surface area contributed by atoms with Crippen LogP contribution in [0, 0.1) is 24.2 Å². The van der Waals surface area contributed by atoms with Crippen molar-refractivity contribution in [2.24, 2.45) is 5.92 Å². The van der Waals surface area contributed by atoms with Gasteiger partial charge in [0.15, 0.2) is 5.82 Å². The van der Waals surface area contributed by atoms with Crippen molar-refractivity contribution in [2.45, 2.75) is 13.3 Å². The molecule has 0 aliphatic heterocycles. The van der Waals surface area contributed by atoms with Crippen LogP contribution in [0.15, 0.2) is 41.1 Å². The van der Waals surface area contributed by atoms with E-state index in [9.17, 15) is 10.1 Å². The first kappa shape index (κ1) is 13.9. The number of fused-ring (bicyclic) bond motifs is 1. The number of H-pyrrole nitrogens is 1. The Morgan fingerprint density at radius 3 is 3.05 bits per heavy atom. The van der Waals surface area contributed by atoms with Gasteiger partial charge in [-0.1, -0.05) is 23.4 Å². The maximum Gasteiger partial charge on any atom is 0.243 e. The molecule has 2 N–H and O–H groups in total. The molecule has 2 heterocycles. The molecule has 0 aliphatic carbocycles. The number of aromatic nitrogens is 2. The minimum atomic E-state index is -0.795. The molecule has 110 valence electrons. The molecule has 0 aliphatic rings. The van der Waals surface area contributed by atoms with E-state index in [1.54, 1.807) is 13.0 Å². The Labute approximate surface area is 126 Å². The third-order valence-electron chi connectivity index (χ3n) is 3.45. The number of nitrogens with one attached hydrogen (secondary N) is 2. The first-order chi connectivity index (χ1) is 10.7. The highest BCUT2D eigenvalue weighted by molar-refractivity contribution is 5.94. The fourth-order valence-electron chi connectivity index (χ4n) is 2.36. The normalized spacial score (nSPS) is 12.0. The maximum atomic E-state index is 12.2. The van der Waals surface area contributed by atoms with Gasteiger partial charge in [0.2, 0.25) is 5.91 Å². The van der Waals surface area contributed by atoms with Gasteiger partial charge < -0.3 is 14.8 Å². The van der Waals surface area contributed by atoms with Crippen molar-refractivity contribution < 1.29 is 9.32 Å². The van der Waals surface area contributed by atoms with Gasteiger partial charge in [-0.2, -0.15) is 5.26 Å². The summed E-state index contributed by atoms with van der Waals surface area (Å²) >= 11 is 0. The molecule has 1 amide bonds. The number of hydrogen-bond donors (Lipinski definition) is 2. The number of benzene rings is 1. The molecule has 3 rings (SSSR count). The highest BCUT2D eigenvalue weighted by Gasteiger charge is 2.21. The predicted octanol–water partition coefficient (Wildman–Crippen LogP) is 2.79. The zero-order chi connectivity index (χ0) is 15.5. The molecule has 0 spiro atoms. The van der Waals surface area contributed by atoms with Crippen LogP contribution >= 0.6 is 0 Å². The van der Waals surface area contributed by atoms with Gasteiger partial charge in [-0.15, -0.1) is 0 Å². The molecule has 1 atom stereocenters. The molecule has 0 radical (unpaired) electrons. The van der Waals surface area contributed by atoms with Crippen molar-refractivity contribution in [3.05, 3.63) is 47.9 Å². The Morgan fingerprint density at radius 2 is 2.32 bits per heavy atom. The SMILES string of the molecule is Cc1cc(NC(=O)C(C#N)Cc2c[nH]c3ccccc23)no1. The van der Waals surface area contributed by atoms with E-state index < -0.39 is 5.92 Å². The van der Waals surface area contributed by atoms with Gasteiger partial charge in [-0.3, -0.25) is 4.79 Å². The molecule has 3 aromatic rings. The molecular formula is C16H14N4O2. The minimum Gasteiger partial charge on any atom is -0.361 e. The standard InChI is InChI=1S/C16H14N4O2/c1-10-6-15(20-22-10)19-16(21)11(8-17)7-12-9-18-14-5-3-2-4-13(12)14/h2-6,9,11,18H,7H2,1H3,(H,19,20,21). The van der Waals surface area contributed by atoms with Crippen LogP contribution in [0.2, 0.25) is 0 Å². The van der Waals surface area contributed by atoms with Crippen LogP contribution in [0.3, 0.4) is 0 Å². The summed E-state index contributed by atoms with van der Waals surface area (Å²) in [6, 6.07) is 11.4.